The molecule has 2 N–H and O–H groups in total. The minimum Gasteiger partial charge on any atom is -0.387 e. The molecule has 7 nitrogen and oxygen atoms in total. The van der Waals surface area contributed by atoms with Crippen molar-refractivity contribution in [2.45, 2.75) is 32.9 Å². The van der Waals surface area contributed by atoms with Crippen molar-refractivity contribution in [2.75, 3.05) is 30.4 Å². The van der Waals surface area contributed by atoms with Gasteiger partial charge in [-0.05, 0) is 32.0 Å². The first kappa shape index (κ1) is 18.3. The number of nitrogens with one attached hydrogen (secondary N) is 2. The number of nitrogens with zero attached hydrogens (tertiary/aromatic N) is 4. The first-order valence-corrected chi connectivity index (χ1v) is 9.64. The lowest BCUT2D eigenvalue weighted by Gasteiger charge is -2.44. The van der Waals surface area contributed by atoms with E-state index in [1.165, 1.54) is 0 Å². The summed E-state index contributed by atoms with van der Waals surface area (Å²) in [6, 6.07) is 8.50. The predicted molar refractivity (Wildman–Crippen MR) is 113 cm³/mol. The van der Waals surface area contributed by atoms with Gasteiger partial charge >= 0.3 is 0 Å². The summed E-state index contributed by atoms with van der Waals surface area (Å²) in [6.07, 6.45) is 3.77. The molecule has 0 aliphatic carbocycles. The summed E-state index contributed by atoms with van der Waals surface area (Å²) < 4.78 is 0. The summed E-state index contributed by atoms with van der Waals surface area (Å²) in [5, 5.41) is 4.18. The highest BCUT2D eigenvalue weighted by Crippen LogP contribution is 2.30. The number of aromatic nitrogens is 3. The van der Waals surface area contributed by atoms with Gasteiger partial charge in [-0.1, -0.05) is 6.07 Å². The Morgan fingerprint density at radius 1 is 1.25 bits per heavy atom. The molecule has 3 aromatic rings. The second-order valence-corrected chi connectivity index (χ2v) is 7.48. The smallest absolute Gasteiger partial charge is 0.220 e. The molecule has 146 valence electrons. The molecule has 0 bridgehead atoms. The number of hydrogen-bond acceptors (Lipinski definition) is 5. The molecule has 0 radical (unpaired) electrons. The summed E-state index contributed by atoms with van der Waals surface area (Å²) >= 11 is 0. The minimum absolute atomic E-state index is 0.132. The van der Waals surface area contributed by atoms with Crippen molar-refractivity contribution in [3.05, 3.63) is 36.7 Å². The van der Waals surface area contributed by atoms with Gasteiger partial charge in [0, 0.05) is 56.3 Å². The summed E-state index contributed by atoms with van der Waals surface area (Å²) in [6.45, 7) is 7.39. The van der Waals surface area contributed by atoms with E-state index in [2.05, 4.69) is 40.1 Å². The molecule has 3 aromatic heterocycles. The number of pyridine rings is 2. The Bertz CT molecular complexity index is 1000. The Morgan fingerprint density at radius 3 is 2.68 bits per heavy atom. The SMILES string of the molecule is CNc1cnc2[nH]cc(-c3cccc(N4C[C@@H](C)N(C(C)=O)[C@@H](C)C4)n3)c2c1. The van der Waals surface area contributed by atoms with Gasteiger partial charge in [0.1, 0.15) is 11.5 Å². The number of H-pyrrole nitrogens is 1. The third-order valence-corrected chi connectivity index (χ3v) is 5.44. The number of carbonyl (C=O) groups is 1. The number of carbonyl (C=O) groups excluding carboxylic acids is 1. The van der Waals surface area contributed by atoms with Gasteiger partial charge in [-0.2, -0.15) is 0 Å². The van der Waals surface area contributed by atoms with Crippen molar-refractivity contribution in [3.63, 3.8) is 0 Å². The second kappa shape index (κ2) is 7.14. The summed E-state index contributed by atoms with van der Waals surface area (Å²) in [5.74, 6) is 1.07. The van der Waals surface area contributed by atoms with Crippen LogP contribution in [0, 0.1) is 0 Å². The molecule has 1 saturated heterocycles. The lowest BCUT2D eigenvalue weighted by molar-refractivity contribution is -0.133. The summed E-state index contributed by atoms with van der Waals surface area (Å²) in [5.41, 5.74) is 3.75. The highest BCUT2D eigenvalue weighted by atomic mass is 16.2. The molecule has 1 aliphatic rings. The number of anilines is 2. The number of rotatable bonds is 3. The van der Waals surface area contributed by atoms with Crippen molar-refractivity contribution in [1.82, 2.24) is 19.9 Å². The number of aromatic amines is 1. The number of fused-ring (bicyclic) bond motifs is 1. The van der Waals surface area contributed by atoms with Crippen LogP contribution in [-0.4, -0.2) is 58.0 Å². The quantitative estimate of drug-likeness (QED) is 0.732. The first-order chi connectivity index (χ1) is 13.5. The van der Waals surface area contributed by atoms with Gasteiger partial charge in [0.15, 0.2) is 0 Å². The van der Waals surface area contributed by atoms with Crippen LogP contribution in [0.5, 0.6) is 0 Å². The molecule has 4 heterocycles. The highest BCUT2D eigenvalue weighted by molar-refractivity contribution is 5.94. The first-order valence-electron chi connectivity index (χ1n) is 9.64. The van der Waals surface area contributed by atoms with E-state index in [0.717, 1.165) is 46.9 Å². The minimum atomic E-state index is 0.132. The van der Waals surface area contributed by atoms with E-state index in [1.54, 1.807) is 6.92 Å². The maximum Gasteiger partial charge on any atom is 0.220 e. The Kier molecular flexibility index (Phi) is 4.66. The van der Waals surface area contributed by atoms with Gasteiger partial charge in [0.2, 0.25) is 5.91 Å². The van der Waals surface area contributed by atoms with Gasteiger partial charge in [0.25, 0.3) is 0 Å². The van der Waals surface area contributed by atoms with Gasteiger partial charge in [0.05, 0.1) is 17.6 Å². The van der Waals surface area contributed by atoms with Crippen LogP contribution in [0.2, 0.25) is 0 Å². The fourth-order valence-corrected chi connectivity index (χ4v) is 4.23. The molecule has 1 fully saturated rings. The number of hydrogen-bond donors (Lipinski definition) is 2. The van der Waals surface area contributed by atoms with E-state index in [4.69, 9.17) is 4.98 Å². The van der Waals surface area contributed by atoms with Gasteiger partial charge < -0.3 is 20.1 Å². The molecular weight excluding hydrogens is 352 g/mol. The van der Waals surface area contributed by atoms with E-state index in [1.807, 2.05) is 42.5 Å². The molecule has 4 rings (SSSR count). The summed E-state index contributed by atoms with van der Waals surface area (Å²) in [7, 11) is 1.89. The second-order valence-electron chi connectivity index (χ2n) is 7.48. The molecule has 28 heavy (non-hydrogen) atoms. The van der Waals surface area contributed by atoms with E-state index in [9.17, 15) is 4.79 Å². The van der Waals surface area contributed by atoms with Crippen LogP contribution in [0.1, 0.15) is 20.8 Å². The number of amides is 1. The molecule has 2 atom stereocenters. The molecule has 0 unspecified atom stereocenters. The molecule has 0 aromatic carbocycles. The standard InChI is InChI=1S/C21H26N6O/c1-13-11-26(12-14(2)27(13)15(3)28)20-7-5-6-19(25-20)18-10-24-21-17(18)8-16(22-4)9-23-21/h5-10,13-14,22H,11-12H2,1-4H3,(H,23,24)/t13-,14+. The lowest BCUT2D eigenvalue weighted by atomic mass is 10.1. The Hall–Kier alpha value is -3.09. The average molecular weight is 378 g/mol. The Morgan fingerprint density at radius 2 is 2.00 bits per heavy atom. The largest absolute Gasteiger partial charge is 0.387 e. The zero-order chi connectivity index (χ0) is 19.8. The van der Waals surface area contributed by atoms with E-state index in [-0.39, 0.29) is 18.0 Å². The fourth-order valence-electron chi connectivity index (χ4n) is 4.23. The molecule has 0 spiro atoms. The van der Waals surface area contributed by atoms with Crippen LogP contribution in [0.25, 0.3) is 22.3 Å². The van der Waals surface area contributed by atoms with Crippen LogP contribution in [0.3, 0.4) is 0 Å². The van der Waals surface area contributed by atoms with Crippen LogP contribution in [0.4, 0.5) is 11.5 Å². The maximum atomic E-state index is 11.9. The predicted octanol–water partition coefficient (Wildman–Crippen LogP) is 3.11. The van der Waals surface area contributed by atoms with Crippen molar-refractivity contribution in [3.8, 4) is 11.3 Å². The summed E-state index contributed by atoms with van der Waals surface area (Å²) in [4.78, 5) is 28.8. The van der Waals surface area contributed by atoms with E-state index >= 15 is 0 Å². The molecule has 1 amide bonds. The van der Waals surface area contributed by atoms with E-state index < -0.39 is 0 Å². The Labute approximate surface area is 164 Å². The monoisotopic (exact) mass is 378 g/mol. The van der Waals surface area contributed by atoms with E-state index in [0.29, 0.717) is 0 Å². The van der Waals surface area contributed by atoms with Crippen molar-refractivity contribution in [1.29, 1.82) is 0 Å². The normalized spacial score (nSPS) is 19.9. The zero-order valence-electron chi connectivity index (χ0n) is 16.7. The van der Waals surface area contributed by atoms with Crippen molar-refractivity contribution < 1.29 is 4.79 Å². The van der Waals surface area contributed by atoms with Crippen LogP contribution < -0.4 is 10.2 Å². The van der Waals surface area contributed by atoms with Crippen molar-refractivity contribution in [2.24, 2.45) is 0 Å². The average Bonchev–Trinajstić information content (AvgIpc) is 3.10. The number of piperazine rings is 1. The van der Waals surface area contributed by atoms with Crippen molar-refractivity contribution >= 4 is 28.4 Å². The maximum absolute atomic E-state index is 11.9. The van der Waals surface area contributed by atoms with Gasteiger partial charge in [-0.25, -0.2) is 9.97 Å². The Balaban J connectivity index is 1.67. The van der Waals surface area contributed by atoms with Crippen LogP contribution in [0.15, 0.2) is 36.7 Å². The molecule has 1 aliphatic heterocycles. The highest BCUT2D eigenvalue weighted by Gasteiger charge is 2.31. The molecule has 0 saturated carbocycles. The lowest BCUT2D eigenvalue weighted by Crippen LogP contribution is -2.58. The van der Waals surface area contributed by atoms with Crippen LogP contribution in [-0.2, 0) is 4.79 Å². The molecular formula is C21H26N6O. The van der Waals surface area contributed by atoms with Gasteiger partial charge in [-0.3, -0.25) is 4.79 Å². The third-order valence-electron chi connectivity index (χ3n) is 5.44. The molecule has 7 heteroatoms. The zero-order valence-corrected chi connectivity index (χ0v) is 16.7. The topological polar surface area (TPSA) is 77.2 Å². The van der Waals surface area contributed by atoms with Crippen LogP contribution >= 0.6 is 0 Å². The fraction of sp³-hybridized carbons (Fsp3) is 0.381. The third kappa shape index (κ3) is 3.17. The van der Waals surface area contributed by atoms with Gasteiger partial charge in [-0.15, -0.1) is 0 Å².